The van der Waals surface area contributed by atoms with Crippen LogP contribution in [0.3, 0.4) is 0 Å². The number of hydrogen-bond donors (Lipinski definition) is 4. The Morgan fingerprint density at radius 3 is 2.14 bits per heavy atom. The van der Waals surface area contributed by atoms with Gasteiger partial charge in [-0.05, 0) is 38.4 Å². The lowest BCUT2D eigenvalue weighted by Gasteiger charge is -2.11. The van der Waals surface area contributed by atoms with Crippen molar-refractivity contribution < 1.29 is 27.9 Å². The summed E-state index contributed by atoms with van der Waals surface area (Å²) in [5, 5.41) is 16.2. The maximum atomic E-state index is 11.7. The number of alkyl halides is 3. The number of hydrogen-bond acceptors (Lipinski definition) is 4. The van der Waals surface area contributed by atoms with Crippen molar-refractivity contribution in [1.82, 2.24) is 16.0 Å². The van der Waals surface area contributed by atoms with Crippen LogP contribution in [0.1, 0.15) is 12.8 Å². The summed E-state index contributed by atoms with van der Waals surface area (Å²) in [6.07, 6.45) is -3.15. The Labute approximate surface area is 120 Å². The molecule has 0 aromatic rings. The van der Waals surface area contributed by atoms with E-state index in [1.165, 1.54) is 0 Å². The van der Waals surface area contributed by atoms with Crippen LogP contribution in [0.15, 0.2) is 0 Å². The van der Waals surface area contributed by atoms with Crippen molar-refractivity contribution in [2.75, 3.05) is 32.7 Å². The van der Waals surface area contributed by atoms with Crippen molar-refractivity contribution in [2.45, 2.75) is 19.0 Å². The molecule has 0 aliphatic carbocycles. The summed E-state index contributed by atoms with van der Waals surface area (Å²) in [5.74, 6) is -2.52. The first-order chi connectivity index (χ1) is 9.80. The maximum Gasteiger partial charge on any atom is 0.471 e. The van der Waals surface area contributed by atoms with Gasteiger partial charge in [0, 0.05) is 13.1 Å². The fourth-order valence-corrected chi connectivity index (χ4v) is 2.09. The van der Waals surface area contributed by atoms with Gasteiger partial charge in [-0.3, -0.25) is 9.59 Å². The second-order valence-electron chi connectivity index (χ2n) is 5.09. The van der Waals surface area contributed by atoms with Gasteiger partial charge < -0.3 is 21.1 Å². The molecule has 2 heterocycles. The number of amides is 1. The van der Waals surface area contributed by atoms with Crippen LogP contribution in [0.4, 0.5) is 13.2 Å². The lowest BCUT2D eigenvalue weighted by molar-refractivity contribution is -0.173. The number of aliphatic carboxylic acids is 1. The molecule has 1 amide bonds. The quantitative estimate of drug-likeness (QED) is 0.587. The molecule has 2 atom stereocenters. The van der Waals surface area contributed by atoms with Gasteiger partial charge in [0.15, 0.2) is 0 Å². The van der Waals surface area contributed by atoms with E-state index in [1.54, 1.807) is 0 Å². The molecule has 0 unspecified atom stereocenters. The molecule has 21 heavy (non-hydrogen) atoms. The van der Waals surface area contributed by atoms with Gasteiger partial charge in [-0.2, -0.15) is 13.2 Å². The van der Waals surface area contributed by atoms with Crippen molar-refractivity contribution >= 4 is 11.9 Å². The summed E-state index contributed by atoms with van der Waals surface area (Å²) in [7, 11) is 0. The minimum atomic E-state index is -4.76. The highest BCUT2D eigenvalue weighted by Crippen LogP contribution is 2.14. The number of nitrogens with one attached hydrogen (secondary N) is 3. The molecular weight excluding hydrogens is 291 g/mol. The van der Waals surface area contributed by atoms with E-state index >= 15 is 0 Å². The van der Waals surface area contributed by atoms with Gasteiger partial charge >= 0.3 is 18.1 Å². The van der Waals surface area contributed by atoms with Gasteiger partial charge in [0.05, 0.1) is 5.92 Å². The molecule has 9 heteroatoms. The molecule has 2 aliphatic rings. The number of carboxylic acids is 1. The summed E-state index contributed by atoms with van der Waals surface area (Å²) in [6.45, 7) is 3.10. The molecular formula is C12H20F3N3O3. The van der Waals surface area contributed by atoms with E-state index in [-0.39, 0.29) is 18.4 Å². The Morgan fingerprint density at radius 1 is 1.14 bits per heavy atom. The summed E-state index contributed by atoms with van der Waals surface area (Å²) in [5.41, 5.74) is 0. The zero-order valence-electron chi connectivity index (χ0n) is 11.5. The minimum absolute atomic E-state index is 0.103. The van der Waals surface area contributed by atoms with Crippen LogP contribution in [0.25, 0.3) is 0 Å². The fourth-order valence-electron chi connectivity index (χ4n) is 2.09. The van der Waals surface area contributed by atoms with Crippen LogP contribution in [0.2, 0.25) is 0 Å². The summed E-state index contributed by atoms with van der Waals surface area (Å²) in [6, 6.07) is 0. The van der Waals surface area contributed by atoms with Gasteiger partial charge in [0.2, 0.25) is 0 Å². The zero-order chi connectivity index (χ0) is 15.9. The second-order valence-corrected chi connectivity index (χ2v) is 5.09. The topological polar surface area (TPSA) is 90.5 Å². The van der Waals surface area contributed by atoms with E-state index in [0.717, 1.165) is 25.9 Å². The average molecular weight is 311 g/mol. The molecule has 0 saturated carbocycles. The van der Waals surface area contributed by atoms with Crippen molar-refractivity contribution in [3.63, 3.8) is 0 Å². The van der Waals surface area contributed by atoms with Crippen LogP contribution in [-0.4, -0.2) is 55.9 Å². The predicted octanol–water partition coefficient (Wildman–Crippen LogP) is -0.0451. The molecule has 0 aromatic heterocycles. The number of carbonyl (C=O) groups is 2. The summed E-state index contributed by atoms with van der Waals surface area (Å²) < 4.78 is 35.1. The molecule has 0 aromatic carbocycles. The zero-order valence-corrected chi connectivity index (χ0v) is 11.5. The molecule has 122 valence electrons. The first-order valence-corrected chi connectivity index (χ1v) is 6.80. The number of halogens is 3. The number of rotatable bonds is 3. The Bertz CT molecular complexity index is 351. The molecule has 2 fully saturated rings. The molecule has 2 rings (SSSR count). The molecule has 0 radical (unpaired) electrons. The molecule has 4 N–H and O–H groups in total. The second kappa shape index (κ2) is 8.18. The Hall–Kier alpha value is -1.35. The van der Waals surface area contributed by atoms with E-state index < -0.39 is 18.1 Å². The van der Waals surface area contributed by atoms with E-state index in [2.05, 4.69) is 10.6 Å². The Balaban J connectivity index is 0.000000235. The third-order valence-electron chi connectivity index (χ3n) is 3.38. The maximum absolute atomic E-state index is 11.7. The summed E-state index contributed by atoms with van der Waals surface area (Å²) in [4.78, 5) is 20.5. The highest BCUT2D eigenvalue weighted by molar-refractivity contribution is 5.81. The van der Waals surface area contributed by atoms with Gasteiger partial charge in [-0.25, -0.2) is 0 Å². The van der Waals surface area contributed by atoms with Crippen LogP contribution in [0, 0.1) is 11.8 Å². The van der Waals surface area contributed by atoms with Crippen molar-refractivity contribution in [2.24, 2.45) is 11.8 Å². The Kier molecular flexibility index (Phi) is 6.90. The smallest absolute Gasteiger partial charge is 0.471 e. The van der Waals surface area contributed by atoms with E-state index in [0.29, 0.717) is 13.1 Å². The normalized spacial score (nSPS) is 25.1. The highest BCUT2D eigenvalue weighted by atomic mass is 19.4. The van der Waals surface area contributed by atoms with Gasteiger partial charge in [0.25, 0.3) is 0 Å². The SMILES string of the molecule is O=C(NC[C@@H]1CCNC1)C(F)(F)F.O=C(O)[C@@H]1CCNC1. The van der Waals surface area contributed by atoms with Gasteiger partial charge in [-0.15, -0.1) is 0 Å². The van der Waals surface area contributed by atoms with Gasteiger partial charge in [0.1, 0.15) is 0 Å². The van der Waals surface area contributed by atoms with E-state index in [9.17, 15) is 22.8 Å². The number of carboxylic acid groups (broad SMARTS) is 1. The van der Waals surface area contributed by atoms with Crippen molar-refractivity contribution in [3.05, 3.63) is 0 Å². The molecule has 0 bridgehead atoms. The first kappa shape index (κ1) is 17.7. The lowest BCUT2D eigenvalue weighted by Crippen LogP contribution is -2.39. The van der Waals surface area contributed by atoms with Crippen LogP contribution >= 0.6 is 0 Å². The fraction of sp³-hybridized carbons (Fsp3) is 0.833. The van der Waals surface area contributed by atoms with Crippen LogP contribution < -0.4 is 16.0 Å². The van der Waals surface area contributed by atoms with Crippen LogP contribution in [0.5, 0.6) is 0 Å². The largest absolute Gasteiger partial charge is 0.481 e. The van der Waals surface area contributed by atoms with Gasteiger partial charge in [-0.1, -0.05) is 0 Å². The van der Waals surface area contributed by atoms with E-state index in [4.69, 9.17) is 5.11 Å². The predicted molar refractivity (Wildman–Crippen MR) is 68.7 cm³/mol. The lowest BCUT2D eigenvalue weighted by atomic mass is 10.1. The number of carbonyl (C=O) groups excluding carboxylic acids is 1. The highest BCUT2D eigenvalue weighted by Gasteiger charge is 2.38. The Morgan fingerprint density at radius 2 is 1.76 bits per heavy atom. The first-order valence-electron chi connectivity index (χ1n) is 6.80. The monoisotopic (exact) mass is 311 g/mol. The average Bonchev–Trinajstić information content (AvgIpc) is 3.08. The summed E-state index contributed by atoms with van der Waals surface area (Å²) >= 11 is 0. The molecule has 6 nitrogen and oxygen atoms in total. The third-order valence-corrected chi connectivity index (χ3v) is 3.38. The minimum Gasteiger partial charge on any atom is -0.481 e. The van der Waals surface area contributed by atoms with Crippen molar-refractivity contribution in [3.8, 4) is 0 Å². The van der Waals surface area contributed by atoms with Crippen molar-refractivity contribution in [1.29, 1.82) is 0 Å². The van der Waals surface area contributed by atoms with E-state index in [1.807, 2.05) is 5.32 Å². The van der Waals surface area contributed by atoms with Crippen LogP contribution in [-0.2, 0) is 9.59 Å². The molecule has 0 spiro atoms. The standard InChI is InChI=1S/C7H11F3N2O.C5H9NO2/c8-7(9,10)6(13)12-4-5-1-2-11-3-5;7-5(8)4-1-2-6-3-4/h5,11H,1-4H2,(H,12,13);4,6H,1-3H2,(H,7,8)/t5-;4-/m11/s1. The molecule has 2 aliphatic heterocycles. The third kappa shape index (κ3) is 6.76. The molecule has 2 saturated heterocycles.